The molecule has 0 amide bonds. The summed E-state index contributed by atoms with van der Waals surface area (Å²) in [4.78, 5) is 4.51. The lowest BCUT2D eigenvalue weighted by Crippen LogP contribution is -2.31. The molecule has 0 aromatic carbocycles. The minimum atomic E-state index is -3.29. The number of rotatable bonds is 39. The highest BCUT2D eigenvalue weighted by atomic mass is 35.5. The summed E-state index contributed by atoms with van der Waals surface area (Å²) >= 11 is 0. The van der Waals surface area contributed by atoms with Gasteiger partial charge in [-0.25, -0.2) is 0 Å². The summed E-state index contributed by atoms with van der Waals surface area (Å²) in [5.41, 5.74) is 23.0. The van der Waals surface area contributed by atoms with Crippen molar-refractivity contribution in [1.29, 1.82) is 0 Å². The van der Waals surface area contributed by atoms with Gasteiger partial charge in [0.25, 0.3) is 0 Å². The van der Waals surface area contributed by atoms with Crippen LogP contribution in [-0.4, -0.2) is 114 Å². The second-order valence-corrected chi connectivity index (χ2v) is 17.2. The lowest BCUT2D eigenvalue weighted by atomic mass is 10.2. The fourth-order valence-corrected chi connectivity index (χ4v) is 8.57. The van der Waals surface area contributed by atoms with E-state index in [0.717, 1.165) is 90.4 Å². The van der Waals surface area contributed by atoms with Crippen LogP contribution >= 0.6 is 89.6 Å². The standard InChI is InChI=1S/C34H78N6O6P2.6ClH/c1-3-5-7-9-11-29-43-47(41,33-27-39(23-15-19-35)24-16-20-36)45-31-13-14-32-46-48(42,44-30-12-10-8-6-4-2)34-28-40(25-17-21-37)26-18-22-38;;;;;;/h3-38H2,1-2H3;6*1H. The van der Waals surface area contributed by atoms with Crippen LogP contribution in [0.5, 0.6) is 0 Å². The van der Waals surface area contributed by atoms with Crippen molar-refractivity contribution in [2.45, 2.75) is 117 Å². The van der Waals surface area contributed by atoms with Crippen LogP contribution in [0.2, 0.25) is 0 Å². The molecule has 0 aliphatic heterocycles. The topological polar surface area (TPSA) is 182 Å². The van der Waals surface area contributed by atoms with Crippen LogP contribution < -0.4 is 22.9 Å². The maximum absolute atomic E-state index is 13.8. The van der Waals surface area contributed by atoms with Gasteiger partial charge in [-0.3, -0.25) is 9.13 Å². The number of halogens is 6. The van der Waals surface area contributed by atoms with Gasteiger partial charge in [0.05, 0.1) is 38.8 Å². The molecule has 0 fully saturated rings. The lowest BCUT2D eigenvalue weighted by Gasteiger charge is -2.25. The number of nitrogens with two attached hydrogens (primary N) is 4. The van der Waals surface area contributed by atoms with Crippen molar-refractivity contribution in [3.8, 4) is 0 Å². The number of nitrogens with zero attached hydrogens (tertiary/aromatic N) is 2. The molecular formula is C34H84Cl6N6O6P2. The van der Waals surface area contributed by atoms with Crippen LogP contribution in [0.15, 0.2) is 0 Å². The van der Waals surface area contributed by atoms with E-state index in [4.69, 9.17) is 41.0 Å². The quantitative estimate of drug-likeness (QED) is 0.0341. The Kier molecular flexibility index (Phi) is 66.4. The zero-order valence-corrected chi connectivity index (χ0v) is 40.3. The lowest BCUT2D eigenvalue weighted by molar-refractivity contribution is 0.175. The van der Waals surface area contributed by atoms with E-state index in [1.807, 2.05) is 0 Å². The van der Waals surface area contributed by atoms with E-state index in [0.29, 0.717) is 77.6 Å². The average Bonchev–Trinajstić information content (AvgIpc) is 3.09. The Morgan fingerprint density at radius 1 is 0.370 bits per heavy atom. The highest BCUT2D eigenvalue weighted by Crippen LogP contribution is 2.49. The molecule has 338 valence electrons. The van der Waals surface area contributed by atoms with E-state index in [9.17, 15) is 9.13 Å². The van der Waals surface area contributed by atoms with Gasteiger partial charge in [0.15, 0.2) is 0 Å². The highest BCUT2D eigenvalue weighted by molar-refractivity contribution is 7.54. The summed E-state index contributed by atoms with van der Waals surface area (Å²) in [7, 11) is -6.58. The highest BCUT2D eigenvalue weighted by Gasteiger charge is 2.27. The van der Waals surface area contributed by atoms with E-state index in [2.05, 4.69) is 23.6 Å². The smallest absolute Gasteiger partial charge is 0.330 e. The molecule has 2 atom stereocenters. The van der Waals surface area contributed by atoms with E-state index in [-0.39, 0.29) is 87.7 Å². The Labute approximate surface area is 368 Å². The van der Waals surface area contributed by atoms with Gasteiger partial charge in [0.2, 0.25) is 0 Å². The van der Waals surface area contributed by atoms with Gasteiger partial charge in [-0.15, -0.1) is 74.4 Å². The van der Waals surface area contributed by atoms with E-state index in [1.165, 1.54) is 25.7 Å². The molecule has 0 saturated carbocycles. The van der Waals surface area contributed by atoms with Crippen molar-refractivity contribution in [3.05, 3.63) is 0 Å². The van der Waals surface area contributed by atoms with Crippen molar-refractivity contribution in [2.75, 3.05) is 104 Å². The SMILES string of the molecule is CCCCCCCOP(=O)(CCN(CCCN)CCCN)OCCCCOP(=O)(CCN(CCCN)CCCN)OCCCCCCC.Cl.Cl.Cl.Cl.Cl.Cl. The summed E-state index contributed by atoms with van der Waals surface area (Å²) < 4.78 is 51.5. The third-order valence-electron chi connectivity index (χ3n) is 8.28. The summed E-state index contributed by atoms with van der Waals surface area (Å²) in [6.07, 6.45) is 16.3. The Morgan fingerprint density at radius 2 is 0.611 bits per heavy atom. The Hall–Kier alpha value is 1.80. The average molecular weight is 948 g/mol. The molecule has 0 aromatic rings. The van der Waals surface area contributed by atoms with Crippen molar-refractivity contribution in [1.82, 2.24) is 9.80 Å². The molecule has 12 nitrogen and oxygen atoms in total. The maximum Gasteiger partial charge on any atom is 0.331 e. The largest absolute Gasteiger partial charge is 0.331 e. The summed E-state index contributed by atoms with van der Waals surface area (Å²) in [5, 5.41) is 0. The molecule has 0 bridgehead atoms. The first-order chi connectivity index (χ1) is 23.3. The van der Waals surface area contributed by atoms with Crippen molar-refractivity contribution < 1.29 is 27.2 Å². The van der Waals surface area contributed by atoms with Crippen LogP contribution in [0, 0.1) is 0 Å². The minimum absolute atomic E-state index is 0. The number of hydrogen-bond acceptors (Lipinski definition) is 12. The van der Waals surface area contributed by atoms with Crippen LogP contribution in [0.3, 0.4) is 0 Å². The Bertz CT molecular complexity index is 738. The number of hydrogen-bond donors (Lipinski definition) is 4. The predicted octanol–water partition coefficient (Wildman–Crippen LogP) is 8.69. The summed E-state index contributed by atoms with van der Waals surface area (Å²) in [5.74, 6) is 0. The normalized spacial score (nSPS) is 13.0. The Morgan fingerprint density at radius 3 is 0.852 bits per heavy atom. The van der Waals surface area contributed by atoms with Crippen LogP contribution in [0.25, 0.3) is 0 Å². The molecule has 0 rings (SSSR count). The van der Waals surface area contributed by atoms with E-state index in [1.54, 1.807) is 0 Å². The molecule has 8 N–H and O–H groups in total. The predicted molar refractivity (Wildman–Crippen MR) is 247 cm³/mol. The van der Waals surface area contributed by atoms with E-state index >= 15 is 0 Å². The monoisotopic (exact) mass is 944 g/mol. The van der Waals surface area contributed by atoms with Gasteiger partial charge < -0.3 is 50.8 Å². The summed E-state index contributed by atoms with van der Waals surface area (Å²) in [6.45, 7) is 12.8. The minimum Gasteiger partial charge on any atom is -0.330 e. The zero-order valence-electron chi connectivity index (χ0n) is 33.6. The second-order valence-electron chi connectivity index (χ2n) is 12.8. The fourth-order valence-electron chi connectivity index (χ4n) is 5.22. The van der Waals surface area contributed by atoms with Crippen molar-refractivity contribution in [2.24, 2.45) is 22.9 Å². The van der Waals surface area contributed by atoms with Crippen LogP contribution in [-0.2, 0) is 27.2 Å². The molecule has 54 heavy (non-hydrogen) atoms. The van der Waals surface area contributed by atoms with Gasteiger partial charge in [-0.05, 0) is 104 Å². The Balaban J connectivity index is -0.000000736. The van der Waals surface area contributed by atoms with Crippen LogP contribution in [0.4, 0.5) is 0 Å². The molecule has 0 aliphatic carbocycles. The molecule has 0 radical (unpaired) electrons. The second kappa shape index (κ2) is 50.9. The van der Waals surface area contributed by atoms with Gasteiger partial charge >= 0.3 is 15.2 Å². The molecule has 20 heteroatoms. The first-order valence-corrected chi connectivity index (χ1v) is 22.8. The molecule has 0 aromatic heterocycles. The third kappa shape index (κ3) is 43.4. The van der Waals surface area contributed by atoms with Crippen LogP contribution in [0.1, 0.15) is 117 Å². The first-order valence-electron chi connectivity index (χ1n) is 19.3. The summed E-state index contributed by atoms with van der Waals surface area (Å²) in [6, 6.07) is 0. The fraction of sp³-hybridized carbons (Fsp3) is 1.00. The molecule has 0 saturated heterocycles. The zero-order chi connectivity index (χ0) is 35.6. The van der Waals surface area contributed by atoms with E-state index < -0.39 is 15.2 Å². The third-order valence-corrected chi connectivity index (χ3v) is 12.1. The molecule has 0 heterocycles. The van der Waals surface area contributed by atoms with Gasteiger partial charge in [0, 0.05) is 13.1 Å². The molecule has 2 unspecified atom stereocenters. The molecular weight excluding hydrogens is 863 g/mol. The first kappa shape index (κ1) is 70.4. The van der Waals surface area contributed by atoms with Gasteiger partial charge in [0.1, 0.15) is 0 Å². The molecule has 0 spiro atoms. The van der Waals surface area contributed by atoms with Gasteiger partial charge in [-0.1, -0.05) is 65.2 Å². The van der Waals surface area contributed by atoms with Crippen molar-refractivity contribution >= 4 is 89.6 Å². The maximum atomic E-state index is 13.8. The molecule has 0 aliphatic rings. The number of unbranched alkanes of at least 4 members (excludes halogenated alkanes) is 9. The van der Waals surface area contributed by atoms with Crippen molar-refractivity contribution in [3.63, 3.8) is 0 Å². The van der Waals surface area contributed by atoms with Gasteiger partial charge in [-0.2, -0.15) is 0 Å².